The predicted octanol–water partition coefficient (Wildman–Crippen LogP) is 2.54. The van der Waals surface area contributed by atoms with Gasteiger partial charge in [0.1, 0.15) is 0 Å². The Hall–Kier alpha value is -2.36. The van der Waals surface area contributed by atoms with Crippen LogP contribution in [0.5, 0.6) is 0 Å². The molecule has 17 heavy (non-hydrogen) atoms. The zero-order valence-electron chi connectivity index (χ0n) is 9.10. The third kappa shape index (κ3) is 1.85. The van der Waals surface area contributed by atoms with E-state index >= 15 is 0 Å². The zero-order valence-corrected chi connectivity index (χ0v) is 9.10. The molecule has 0 amide bonds. The summed E-state index contributed by atoms with van der Waals surface area (Å²) in [6, 6.07) is 7.98. The molecule has 4 nitrogen and oxygen atoms in total. The SMILES string of the molecule is Cc1cc(C(=O)O)c2c(C(=O)O)cccc2c1. The second kappa shape index (κ2) is 3.90. The van der Waals surface area contributed by atoms with Crippen molar-refractivity contribution in [1.29, 1.82) is 0 Å². The number of carboxylic acids is 2. The molecule has 0 saturated heterocycles. The van der Waals surface area contributed by atoms with Gasteiger partial charge in [-0.25, -0.2) is 9.59 Å². The molecule has 0 unspecified atom stereocenters. The fraction of sp³-hybridized carbons (Fsp3) is 0.0769. The van der Waals surface area contributed by atoms with E-state index in [1.54, 1.807) is 25.1 Å². The molecular formula is C13H10O4. The van der Waals surface area contributed by atoms with Gasteiger partial charge in [0.25, 0.3) is 0 Å². The summed E-state index contributed by atoms with van der Waals surface area (Å²) in [5.74, 6) is -2.24. The summed E-state index contributed by atoms with van der Waals surface area (Å²) in [7, 11) is 0. The van der Waals surface area contributed by atoms with Crippen LogP contribution in [-0.2, 0) is 0 Å². The lowest BCUT2D eigenvalue weighted by atomic mass is 9.97. The average molecular weight is 230 g/mol. The Labute approximate surface area is 97.1 Å². The number of fused-ring (bicyclic) bond motifs is 1. The number of rotatable bonds is 2. The van der Waals surface area contributed by atoms with Crippen molar-refractivity contribution in [3.63, 3.8) is 0 Å². The van der Waals surface area contributed by atoms with Crippen LogP contribution < -0.4 is 0 Å². The molecule has 4 heteroatoms. The second-order valence-electron chi connectivity index (χ2n) is 3.83. The minimum Gasteiger partial charge on any atom is -0.478 e. The molecule has 0 aliphatic carbocycles. The van der Waals surface area contributed by atoms with E-state index in [-0.39, 0.29) is 16.5 Å². The standard InChI is InChI=1S/C13H10O4/c1-7-5-8-3-2-4-9(12(14)15)11(8)10(6-7)13(16)17/h2-6H,1H3,(H,14,15)(H,16,17). The van der Waals surface area contributed by atoms with Crippen LogP contribution in [0.4, 0.5) is 0 Å². The fourth-order valence-corrected chi connectivity index (χ4v) is 1.92. The Balaban J connectivity index is 2.96. The molecule has 0 fully saturated rings. The Kier molecular flexibility index (Phi) is 2.55. The molecule has 0 aliphatic heterocycles. The van der Waals surface area contributed by atoms with Gasteiger partial charge in [0, 0.05) is 5.39 Å². The van der Waals surface area contributed by atoms with Gasteiger partial charge in [-0.2, -0.15) is 0 Å². The Morgan fingerprint density at radius 2 is 1.65 bits per heavy atom. The summed E-state index contributed by atoms with van der Waals surface area (Å²) >= 11 is 0. The lowest BCUT2D eigenvalue weighted by Crippen LogP contribution is -2.04. The van der Waals surface area contributed by atoms with Crippen LogP contribution in [0.25, 0.3) is 10.8 Å². The van der Waals surface area contributed by atoms with Gasteiger partial charge in [-0.15, -0.1) is 0 Å². The Morgan fingerprint density at radius 1 is 1.00 bits per heavy atom. The molecule has 0 atom stereocenters. The summed E-state index contributed by atoms with van der Waals surface area (Å²) < 4.78 is 0. The minimum atomic E-state index is -1.12. The first-order chi connectivity index (χ1) is 8.00. The Bertz CT molecular complexity index is 629. The van der Waals surface area contributed by atoms with Crippen molar-refractivity contribution in [2.75, 3.05) is 0 Å². The third-order valence-corrected chi connectivity index (χ3v) is 2.58. The van der Waals surface area contributed by atoms with Gasteiger partial charge in [-0.1, -0.05) is 18.2 Å². The molecule has 0 spiro atoms. The number of aryl methyl sites for hydroxylation is 1. The smallest absolute Gasteiger partial charge is 0.336 e. The molecule has 86 valence electrons. The topological polar surface area (TPSA) is 74.6 Å². The summed E-state index contributed by atoms with van der Waals surface area (Å²) in [5.41, 5.74) is 0.829. The van der Waals surface area contributed by atoms with Crippen molar-refractivity contribution in [3.8, 4) is 0 Å². The van der Waals surface area contributed by atoms with E-state index in [0.29, 0.717) is 5.39 Å². The van der Waals surface area contributed by atoms with Crippen molar-refractivity contribution >= 4 is 22.7 Å². The molecule has 2 aromatic carbocycles. The maximum Gasteiger partial charge on any atom is 0.336 e. The van der Waals surface area contributed by atoms with Crippen LogP contribution in [-0.4, -0.2) is 22.2 Å². The quantitative estimate of drug-likeness (QED) is 0.831. The lowest BCUT2D eigenvalue weighted by molar-refractivity contribution is 0.0695. The van der Waals surface area contributed by atoms with Crippen molar-refractivity contribution in [3.05, 3.63) is 47.0 Å². The maximum atomic E-state index is 11.1. The predicted molar refractivity (Wildman–Crippen MR) is 62.6 cm³/mol. The van der Waals surface area contributed by atoms with E-state index in [2.05, 4.69) is 0 Å². The number of benzene rings is 2. The molecular weight excluding hydrogens is 220 g/mol. The monoisotopic (exact) mass is 230 g/mol. The van der Waals surface area contributed by atoms with Crippen LogP contribution in [0.15, 0.2) is 30.3 Å². The highest BCUT2D eigenvalue weighted by Crippen LogP contribution is 2.25. The molecule has 0 bridgehead atoms. The van der Waals surface area contributed by atoms with Crippen molar-refractivity contribution in [2.24, 2.45) is 0 Å². The van der Waals surface area contributed by atoms with Gasteiger partial charge in [0.05, 0.1) is 11.1 Å². The lowest BCUT2D eigenvalue weighted by Gasteiger charge is -2.07. The summed E-state index contributed by atoms with van der Waals surface area (Å²) in [4.78, 5) is 22.2. The molecule has 0 heterocycles. The van der Waals surface area contributed by atoms with E-state index in [9.17, 15) is 9.59 Å². The Morgan fingerprint density at radius 3 is 2.24 bits per heavy atom. The van der Waals surface area contributed by atoms with E-state index in [4.69, 9.17) is 10.2 Å². The third-order valence-electron chi connectivity index (χ3n) is 2.58. The summed E-state index contributed by atoms with van der Waals surface area (Å²) in [5, 5.41) is 19.1. The van der Waals surface area contributed by atoms with Gasteiger partial charge in [-0.05, 0) is 30.0 Å². The minimum absolute atomic E-state index is 0.0138. The summed E-state index contributed by atoms with van der Waals surface area (Å²) in [6.07, 6.45) is 0. The molecule has 2 rings (SSSR count). The van der Waals surface area contributed by atoms with Crippen molar-refractivity contribution < 1.29 is 19.8 Å². The second-order valence-corrected chi connectivity index (χ2v) is 3.83. The number of carbonyl (C=O) groups is 2. The maximum absolute atomic E-state index is 11.1. The average Bonchev–Trinajstić information content (AvgIpc) is 2.26. The molecule has 0 aromatic heterocycles. The molecule has 0 saturated carbocycles. The van der Waals surface area contributed by atoms with Crippen molar-refractivity contribution in [1.82, 2.24) is 0 Å². The highest BCUT2D eigenvalue weighted by atomic mass is 16.4. The zero-order chi connectivity index (χ0) is 12.6. The van der Waals surface area contributed by atoms with Gasteiger partial charge in [0.2, 0.25) is 0 Å². The van der Waals surface area contributed by atoms with Gasteiger partial charge in [-0.3, -0.25) is 0 Å². The summed E-state index contributed by atoms with van der Waals surface area (Å²) in [6.45, 7) is 1.78. The van der Waals surface area contributed by atoms with Gasteiger partial charge in [0.15, 0.2) is 0 Å². The number of aromatic carboxylic acids is 2. The molecule has 0 radical (unpaired) electrons. The van der Waals surface area contributed by atoms with E-state index < -0.39 is 11.9 Å². The van der Waals surface area contributed by atoms with Gasteiger partial charge >= 0.3 is 11.9 Å². The number of carboxylic acid groups (broad SMARTS) is 2. The number of hydrogen-bond acceptors (Lipinski definition) is 2. The molecule has 2 N–H and O–H groups in total. The van der Waals surface area contributed by atoms with Crippen LogP contribution in [0.1, 0.15) is 26.3 Å². The first-order valence-electron chi connectivity index (χ1n) is 5.00. The van der Waals surface area contributed by atoms with Crippen LogP contribution in [0, 0.1) is 6.92 Å². The van der Waals surface area contributed by atoms with E-state index in [1.165, 1.54) is 12.1 Å². The molecule has 0 aliphatic rings. The van der Waals surface area contributed by atoms with E-state index in [0.717, 1.165) is 5.56 Å². The molecule has 2 aromatic rings. The van der Waals surface area contributed by atoms with E-state index in [1.807, 2.05) is 0 Å². The first-order valence-corrected chi connectivity index (χ1v) is 5.00. The number of hydrogen-bond donors (Lipinski definition) is 2. The highest BCUT2D eigenvalue weighted by Gasteiger charge is 2.16. The van der Waals surface area contributed by atoms with Crippen LogP contribution in [0.2, 0.25) is 0 Å². The van der Waals surface area contributed by atoms with Crippen LogP contribution in [0.3, 0.4) is 0 Å². The first kappa shape index (κ1) is 11.1. The van der Waals surface area contributed by atoms with Gasteiger partial charge < -0.3 is 10.2 Å². The van der Waals surface area contributed by atoms with Crippen LogP contribution >= 0.6 is 0 Å². The largest absolute Gasteiger partial charge is 0.478 e. The fourth-order valence-electron chi connectivity index (χ4n) is 1.92. The highest BCUT2D eigenvalue weighted by molar-refractivity contribution is 6.12. The normalized spacial score (nSPS) is 10.4. The van der Waals surface area contributed by atoms with Crippen molar-refractivity contribution in [2.45, 2.75) is 6.92 Å².